The minimum atomic E-state index is -0.204. The van der Waals surface area contributed by atoms with Crippen LogP contribution in [0.25, 0.3) is 0 Å². The number of carbonyl (C=O) groups excluding carboxylic acids is 1. The highest BCUT2D eigenvalue weighted by atomic mass is 16.5. The first kappa shape index (κ1) is 11.1. The largest absolute Gasteiger partial charge is 0.494 e. The molecule has 78 valence electrons. The Morgan fingerprint density at radius 3 is 3.20 bits per heavy atom. The van der Waals surface area contributed by atoms with Gasteiger partial charge >= 0.3 is 0 Å². The van der Waals surface area contributed by atoms with E-state index < -0.39 is 0 Å². The second-order valence-electron chi connectivity index (χ2n) is 2.79. The molecule has 0 spiro atoms. The van der Waals surface area contributed by atoms with Crippen molar-refractivity contribution in [3.05, 3.63) is 24.0 Å². The molecule has 0 fully saturated rings. The van der Waals surface area contributed by atoms with Gasteiger partial charge in [0.05, 0.1) is 18.9 Å². The average molecular weight is 204 g/mol. The topological polar surface area (TPSA) is 51.2 Å². The first-order valence-corrected chi connectivity index (χ1v) is 4.49. The summed E-state index contributed by atoms with van der Waals surface area (Å²) in [5.74, 6) is 2.69. The Kier molecular flexibility index (Phi) is 4.17. The summed E-state index contributed by atoms with van der Waals surface area (Å²) in [7, 11) is 1.50. The molecule has 0 unspecified atom stereocenters. The van der Waals surface area contributed by atoms with Gasteiger partial charge < -0.3 is 10.1 Å². The van der Waals surface area contributed by atoms with Crippen LogP contribution >= 0.6 is 0 Å². The van der Waals surface area contributed by atoms with Crippen LogP contribution in [-0.2, 0) is 0 Å². The Labute approximate surface area is 88.7 Å². The fourth-order valence-electron chi connectivity index (χ4n) is 1.07. The highest BCUT2D eigenvalue weighted by Crippen LogP contribution is 2.14. The van der Waals surface area contributed by atoms with E-state index in [-0.39, 0.29) is 5.91 Å². The summed E-state index contributed by atoms with van der Waals surface area (Å²) in [6, 6.07) is 1.60. The molecule has 1 heterocycles. The van der Waals surface area contributed by atoms with Crippen LogP contribution in [-0.4, -0.2) is 24.5 Å². The number of amides is 1. The van der Waals surface area contributed by atoms with Crippen molar-refractivity contribution in [3.8, 4) is 18.1 Å². The average Bonchev–Trinajstić information content (AvgIpc) is 2.29. The molecule has 0 atom stereocenters. The molecular formula is C11H12N2O2. The Morgan fingerprint density at radius 1 is 1.73 bits per heavy atom. The Balaban J connectivity index is 2.69. The smallest absolute Gasteiger partial charge is 0.255 e. The van der Waals surface area contributed by atoms with E-state index in [1.165, 1.54) is 13.3 Å². The van der Waals surface area contributed by atoms with Gasteiger partial charge in [0.15, 0.2) is 0 Å². The van der Waals surface area contributed by atoms with E-state index in [0.717, 1.165) is 0 Å². The molecule has 0 aliphatic rings. The summed E-state index contributed by atoms with van der Waals surface area (Å²) in [4.78, 5) is 15.5. The van der Waals surface area contributed by atoms with E-state index in [9.17, 15) is 4.79 Å². The highest BCUT2D eigenvalue weighted by Gasteiger charge is 2.10. The minimum Gasteiger partial charge on any atom is -0.494 e. The zero-order valence-electron chi connectivity index (χ0n) is 8.49. The summed E-state index contributed by atoms with van der Waals surface area (Å²) >= 11 is 0. The van der Waals surface area contributed by atoms with Crippen molar-refractivity contribution >= 4 is 5.91 Å². The first-order chi connectivity index (χ1) is 7.29. The fourth-order valence-corrected chi connectivity index (χ4v) is 1.07. The molecule has 0 bridgehead atoms. The van der Waals surface area contributed by atoms with Gasteiger partial charge in [0, 0.05) is 19.2 Å². The highest BCUT2D eigenvalue weighted by molar-refractivity contribution is 5.96. The van der Waals surface area contributed by atoms with Crippen LogP contribution in [0.2, 0.25) is 0 Å². The third-order valence-corrected chi connectivity index (χ3v) is 1.80. The maximum Gasteiger partial charge on any atom is 0.255 e. The van der Waals surface area contributed by atoms with Gasteiger partial charge in [-0.3, -0.25) is 9.78 Å². The number of ether oxygens (including phenoxy) is 1. The second-order valence-corrected chi connectivity index (χ2v) is 2.79. The Bertz CT molecular complexity index is 382. The number of hydrogen-bond donors (Lipinski definition) is 1. The Hall–Kier alpha value is -2.02. The summed E-state index contributed by atoms with van der Waals surface area (Å²) in [6.45, 7) is 0.459. The van der Waals surface area contributed by atoms with Crippen LogP contribution in [0, 0.1) is 12.3 Å². The molecule has 0 saturated heterocycles. The molecule has 0 aliphatic heterocycles. The normalized spacial score (nSPS) is 9.07. The molecule has 1 aromatic rings. The molecule has 1 amide bonds. The summed E-state index contributed by atoms with van der Waals surface area (Å²) < 4.78 is 5.01. The van der Waals surface area contributed by atoms with E-state index in [4.69, 9.17) is 11.2 Å². The lowest BCUT2D eigenvalue weighted by Gasteiger charge is -2.07. The summed E-state index contributed by atoms with van der Waals surface area (Å²) in [6.07, 6.45) is 8.62. The van der Waals surface area contributed by atoms with E-state index >= 15 is 0 Å². The van der Waals surface area contributed by atoms with E-state index in [2.05, 4.69) is 16.2 Å². The maximum atomic E-state index is 11.6. The van der Waals surface area contributed by atoms with Crippen LogP contribution in [0.5, 0.6) is 5.75 Å². The molecule has 0 radical (unpaired) electrons. The lowest BCUT2D eigenvalue weighted by Crippen LogP contribution is -2.24. The number of rotatable bonds is 4. The van der Waals surface area contributed by atoms with Gasteiger partial charge in [0.25, 0.3) is 5.91 Å². The van der Waals surface area contributed by atoms with Crippen molar-refractivity contribution < 1.29 is 9.53 Å². The van der Waals surface area contributed by atoms with Crippen LogP contribution < -0.4 is 10.1 Å². The van der Waals surface area contributed by atoms with E-state index in [1.54, 1.807) is 12.3 Å². The summed E-state index contributed by atoms with van der Waals surface area (Å²) in [5.41, 5.74) is 0.463. The number of nitrogens with one attached hydrogen (secondary N) is 1. The molecule has 1 N–H and O–H groups in total. The van der Waals surface area contributed by atoms with Crippen molar-refractivity contribution in [2.75, 3.05) is 13.7 Å². The SMILES string of the molecule is C#CCCNC(=O)c1ccncc1OC. The number of hydrogen-bond acceptors (Lipinski definition) is 3. The van der Waals surface area contributed by atoms with Gasteiger partial charge in [0.2, 0.25) is 0 Å². The molecule has 4 heteroatoms. The molecule has 0 aliphatic carbocycles. The van der Waals surface area contributed by atoms with Gasteiger partial charge in [-0.1, -0.05) is 0 Å². The quantitative estimate of drug-likeness (QED) is 0.584. The van der Waals surface area contributed by atoms with Gasteiger partial charge in [-0.25, -0.2) is 0 Å². The zero-order chi connectivity index (χ0) is 11.1. The Morgan fingerprint density at radius 2 is 2.53 bits per heavy atom. The third-order valence-electron chi connectivity index (χ3n) is 1.80. The van der Waals surface area contributed by atoms with Gasteiger partial charge in [-0.2, -0.15) is 0 Å². The standard InChI is InChI=1S/C11H12N2O2/c1-3-4-6-13-11(14)9-5-7-12-8-10(9)15-2/h1,5,7-8H,4,6H2,2H3,(H,13,14). The first-order valence-electron chi connectivity index (χ1n) is 4.49. The second kappa shape index (κ2) is 5.66. The van der Waals surface area contributed by atoms with Gasteiger partial charge in [0.1, 0.15) is 5.75 Å². The third kappa shape index (κ3) is 2.99. The van der Waals surface area contributed by atoms with Crippen molar-refractivity contribution in [1.29, 1.82) is 0 Å². The number of carbonyl (C=O) groups is 1. The van der Waals surface area contributed by atoms with Crippen LogP contribution in [0.3, 0.4) is 0 Å². The minimum absolute atomic E-state index is 0.204. The molecule has 1 aromatic heterocycles. The number of methoxy groups -OCH3 is 1. The van der Waals surface area contributed by atoms with Gasteiger partial charge in [-0.05, 0) is 6.07 Å². The zero-order valence-corrected chi connectivity index (χ0v) is 8.49. The number of pyridine rings is 1. The number of nitrogens with zero attached hydrogens (tertiary/aromatic N) is 1. The molecular weight excluding hydrogens is 192 g/mol. The molecule has 1 rings (SSSR count). The van der Waals surface area contributed by atoms with Crippen LogP contribution in [0.15, 0.2) is 18.5 Å². The lowest BCUT2D eigenvalue weighted by atomic mass is 10.2. The van der Waals surface area contributed by atoms with Gasteiger partial charge in [-0.15, -0.1) is 12.3 Å². The predicted molar refractivity (Wildman–Crippen MR) is 56.6 cm³/mol. The lowest BCUT2D eigenvalue weighted by molar-refractivity contribution is 0.0951. The van der Waals surface area contributed by atoms with Crippen molar-refractivity contribution in [2.45, 2.75) is 6.42 Å². The van der Waals surface area contributed by atoms with Crippen molar-refractivity contribution in [1.82, 2.24) is 10.3 Å². The fraction of sp³-hybridized carbons (Fsp3) is 0.273. The maximum absolute atomic E-state index is 11.6. The van der Waals surface area contributed by atoms with E-state index in [1.807, 2.05) is 0 Å². The molecule has 4 nitrogen and oxygen atoms in total. The van der Waals surface area contributed by atoms with E-state index in [0.29, 0.717) is 24.3 Å². The van der Waals surface area contributed by atoms with Crippen molar-refractivity contribution in [2.24, 2.45) is 0 Å². The monoisotopic (exact) mass is 204 g/mol. The predicted octanol–water partition coefficient (Wildman–Crippen LogP) is 0.843. The van der Waals surface area contributed by atoms with Crippen LogP contribution in [0.1, 0.15) is 16.8 Å². The number of terminal acetylenes is 1. The molecule has 15 heavy (non-hydrogen) atoms. The molecule has 0 aromatic carbocycles. The summed E-state index contributed by atoms with van der Waals surface area (Å²) in [5, 5.41) is 2.69. The van der Waals surface area contributed by atoms with Crippen LogP contribution in [0.4, 0.5) is 0 Å². The molecule has 0 saturated carbocycles. The van der Waals surface area contributed by atoms with Crippen molar-refractivity contribution in [3.63, 3.8) is 0 Å². The number of aromatic nitrogens is 1.